The van der Waals surface area contributed by atoms with Crippen molar-refractivity contribution in [1.82, 2.24) is 25.1 Å². The Balaban J connectivity index is 1.51. The molecule has 0 aliphatic carbocycles. The van der Waals surface area contributed by atoms with Gasteiger partial charge in [0.25, 0.3) is 5.56 Å². The summed E-state index contributed by atoms with van der Waals surface area (Å²) in [5, 5.41) is 8.10. The number of fused-ring (bicyclic) bond motifs is 2. The number of rotatable bonds is 3. The predicted octanol–water partition coefficient (Wildman–Crippen LogP) is 4.27. The van der Waals surface area contributed by atoms with E-state index in [1.165, 1.54) is 11.1 Å². The number of hydrogen-bond donors (Lipinski definition) is 2. The van der Waals surface area contributed by atoms with Crippen molar-refractivity contribution in [2.24, 2.45) is 0 Å². The lowest BCUT2D eigenvalue weighted by Crippen LogP contribution is -2.41. The molecule has 1 fully saturated rings. The van der Waals surface area contributed by atoms with Crippen LogP contribution in [0, 0.1) is 13.8 Å². The highest BCUT2D eigenvalue weighted by atomic mass is 16.2. The topological polar surface area (TPSA) is 94.7 Å². The Morgan fingerprint density at radius 2 is 1.88 bits per heavy atom. The molecule has 2 aromatic heterocycles. The quantitative estimate of drug-likeness (QED) is 0.508. The third kappa shape index (κ3) is 3.38. The van der Waals surface area contributed by atoms with E-state index >= 15 is 0 Å². The Labute approximate surface area is 185 Å². The number of nitrogens with one attached hydrogen (secondary N) is 2. The number of aromatic nitrogens is 4. The zero-order valence-electron chi connectivity index (χ0n) is 18.6. The summed E-state index contributed by atoms with van der Waals surface area (Å²) in [6, 6.07) is 11.4. The van der Waals surface area contributed by atoms with Crippen LogP contribution in [0.4, 0.5) is 0 Å². The van der Waals surface area contributed by atoms with E-state index < -0.39 is 5.92 Å². The van der Waals surface area contributed by atoms with E-state index in [2.05, 4.69) is 41.2 Å². The number of amides is 1. The maximum Gasteiger partial charge on any atom is 0.272 e. The summed E-state index contributed by atoms with van der Waals surface area (Å²) in [7, 11) is 0. The number of aromatic amines is 2. The molecule has 1 aliphatic heterocycles. The fourth-order valence-corrected chi connectivity index (χ4v) is 4.76. The molecule has 4 aromatic rings. The second-order valence-corrected chi connectivity index (χ2v) is 8.82. The van der Waals surface area contributed by atoms with Gasteiger partial charge in [0.2, 0.25) is 5.91 Å². The van der Waals surface area contributed by atoms with Crippen molar-refractivity contribution in [2.45, 2.75) is 52.0 Å². The van der Waals surface area contributed by atoms with E-state index in [0.717, 1.165) is 41.5 Å². The standard InChI is InChI=1S/C25H27N5O2/c1-14-12-19-20(13-15(14)2)27-23(26-19)21-10-6-7-11-30(21)25(32)16(3)22-17-8-4-5-9-18(17)24(31)29-28-22/h4-5,8-9,12-13,16,21H,6-7,10-11H2,1-3H3,(H,26,27)(H,29,31)/t16-,21-/m0/s1. The number of piperidine rings is 1. The molecular weight excluding hydrogens is 402 g/mol. The lowest BCUT2D eigenvalue weighted by atomic mass is 9.96. The van der Waals surface area contributed by atoms with Gasteiger partial charge in [-0.2, -0.15) is 5.10 Å². The first-order valence-electron chi connectivity index (χ1n) is 11.2. The van der Waals surface area contributed by atoms with Crippen molar-refractivity contribution in [3.8, 4) is 0 Å². The number of hydrogen-bond acceptors (Lipinski definition) is 4. The largest absolute Gasteiger partial charge is 0.340 e. The van der Waals surface area contributed by atoms with Crippen molar-refractivity contribution < 1.29 is 4.79 Å². The van der Waals surface area contributed by atoms with Crippen LogP contribution in [0.15, 0.2) is 41.2 Å². The first-order chi connectivity index (χ1) is 15.4. The molecule has 0 unspecified atom stereocenters. The second kappa shape index (κ2) is 7.89. The van der Waals surface area contributed by atoms with Crippen LogP contribution in [0.1, 0.15) is 60.8 Å². The summed E-state index contributed by atoms with van der Waals surface area (Å²) in [4.78, 5) is 36.1. The Morgan fingerprint density at radius 3 is 2.69 bits per heavy atom. The predicted molar refractivity (Wildman–Crippen MR) is 125 cm³/mol. The average molecular weight is 430 g/mol. The molecule has 7 heteroatoms. The molecule has 1 aliphatic rings. The molecular formula is C25H27N5O2. The highest BCUT2D eigenvalue weighted by Gasteiger charge is 2.34. The average Bonchev–Trinajstić information content (AvgIpc) is 3.21. The zero-order valence-corrected chi connectivity index (χ0v) is 18.6. The van der Waals surface area contributed by atoms with Gasteiger partial charge in [-0.3, -0.25) is 9.59 Å². The van der Waals surface area contributed by atoms with Crippen LogP contribution in [0.2, 0.25) is 0 Å². The highest BCUT2D eigenvalue weighted by molar-refractivity contribution is 5.91. The normalized spacial score (nSPS) is 17.7. The van der Waals surface area contributed by atoms with Crippen LogP contribution in [0.25, 0.3) is 21.8 Å². The van der Waals surface area contributed by atoms with Gasteiger partial charge in [0, 0.05) is 11.9 Å². The molecule has 1 amide bonds. The van der Waals surface area contributed by atoms with Gasteiger partial charge in [0.15, 0.2) is 0 Å². The van der Waals surface area contributed by atoms with Gasteiger partial charge >= 0.3 is 0 Å². The van der Waals surface area contributed by atoms with Crippen LogP contribution in [0.3, 0.4) is 0 Å². The number of imidazole rings is 1. The first kappa shape index (κ1) is 20.4. The molecule has 2 aromatic carbocycles. The molecule has 0 radical (unpaired) electrons. The van der Waals surface area contributed by atoms with Crippen LogP contribution >= 0.6 is 0 Å². The van der Waals surface area contributed by atoms with Crippen molar-refractivity contribution in [1.29, 1.82) is 0 Å². The molecule has 1 saturated heterocycles. The van der Waals surface area contributed by atoms with Gasteiger partial charge in [-0.05, 0) is 69.4 Å². The second-order valence-electron chi connectivity index (χ2n) is 8.82. The summed E-state index contributed by atoms with van der Waals surface area (Å²) in [5.41, 5.74) is 4.72. The van der Waals surface area contributed by atoms with E-state index in [1.807, 2.05) is 30.0 Å². The Kier molecular flexibility index (Phi) is 5.04. The molecule has 3 heterocycles. The van der Waals surface area contributed by atoms with Crippen molar-refractivity contribution in [2.75, 3.05) is 6.54 Å². The van der Waals surface area contributed by atoms with Crippen molar-refractivity contribution >= 4 is 27.7 Å². The molecule has 164 valence electrons. The summed E-state index contributed by atoms with van der Waals surface area (Å²) in [5.74, 6) is 0.364. The van der Waals surface area contributed by atoms with Gasteiger partial charge in [0.1, 0.15) is 5.82 Å². The van der Waals surface area contributed by atoms with E-state index in [-0.39, 0.29) is 17.5 Å². The van der Waals surface area contributed by atoms with Crippen LogP contribution < -0.4 is 5.56 Å². The number of carbonyl (C=O) groups excluding carboxylic acids is 1. The summed E-state index contributed by atoms with van der Waals surface area (Å²) < 4.78 is 0. The van der Waals surface area contributed by atoms with Crippen LogP contribution in [0.5, 0.6) is 0 Å². The van der Waals surface area contributed by atoms with E-state index in [0.29, 0.717) is 17.6 Å². The first-order valence-corrected chi connectivity index (χ1v) is 11.2. The minimum Gasteiger partial charge on any atom is -0.340 e. The summed E-state index contributed by atoms with van der Waals surface area (Å²) in [6.45, 7) is 6.73. The van der Waals surface area contributed by atoms with E-state index in [4.69, 9.17) is 4.98 Å². The summed E-state index contributed by atoms with van der Waals surface area (Å²) in [6.07, 6.45) is 2.89. The fraction of sp³-hybridized carbons (Fsp3) is 0.360. The van der Waals surface area contributed by atoms with Gasteiger partial charge in [0.05, 0.1) is 34.1 Å². The Hall–Kier alpha value is -3.48. The maximum absolute atomic E-state index is 13.7. The maximum atomic E-state index is 13.7. The van der Waals surface area contributed by atoms with E-state index in [1.54, 1.807) is 6.07 Å². The molecule has 2 N–H and O–H groups in total. The minimum atomic E-state index is -0.480. The number of likely N-dealkylation sites (tertiary alicyclic amines) is 1. The van der Waals surface area contributed by atoms with Gasteiger partial charge in [-0.1, -0.05) is 18.2 Å². The molecule has 5 rings (SSSR count). The number of H-pyrrole nitrogens is 2. The molecule has 0 saturated carbocycles. The van der Waals surface area contributed by atoms with Gasteiger partial charge in [-0.25, -0.2) is 10.1 Å². The third-order valence-corrected chi connectivity index (χ3v) is 6.72. The monoisotopic (exact) mass is 429 g/mol. The number of aryl methyl sites for hydroxylation is 2. The number of carbonyl (C=O) groups is 1. The number of benzene rings is 2. The molecule has 32 heavy (non-hydrogen) atoms. The fourth-order valence-electron chi connectivity index (χ4n) is 4.76. The minimum absolute atomic E-state index is 0.00668. The van der Waals surface area contributed by atoms with Crippen molar-refractivity contribution in [3.05, 3.63) is 69.4 Å². The Bertz CT molecular complexity index is 1350. The molecule has 0 spiro atoms. The zero-order chi connectivity index (χ0) is 22.4. The molecule has 2 atom stereocenters. The van der Waals surface area contributed by atoms with Gasteiger partial charge < -0.3 is 9.88 Å². The molecule has 0 bridgehead atoms. The third-order valence-electron chi connectivity index (χ3n) is 6.72. The van der Waals surface area contributed by atoms with Crippen molar-refractivity contribution in [3.63, 3.8) is 0 Å². The SMILES string of the molecule is Cc1cc2nc([C@@H]3CCCCN3C(=O)[C@@H](C)c3n[nH]c(=O)c4ccccc34)[nH]c2cc1C. The lowest BCUT2D eigenvalue weighted by Gasteiger charge is -2.36. The summed E-state index contributed by atoms with van der Waals surface area (Å²) >= 11 is 0. The van der Waals surface area contributed by atoms with Crippen LogP contribution in [-0.2, 0) is 4.79 Å². The Morgan fingerprint density at radius 1 is 1.12 bits per heavy atom. The smallest absolute Gasteiger partial charge is 0.272 e. The highest BCUT2D eigenvalue weighted by Crippen LogP contribution is 2.34. The van der Waals surface area contributed by atoms with Gasteiger partial charge in [-0.15, -0.1) is 0 Å². The number of nitrogens with zero attached hydrogens (tertiary/aromatic N) is 3. The molecule has 7 nitrogen and oxygen atoms in total. The van der Waals surface area contributed by atoms with Crippen LogP contribution in [-0.4, -0.2) is 37.5 Å². The van der Waals surface area contributed by atoms with E-state index in [9.17, 15) is 9.59 Å². The lowest BCUT2D eigenvalue weighted by molar-refractivity contribution is -0.136.